The van der Waals surface area contributed by atoms with Gasteiger partial charge in [-0.15, -0.1) is 5.10 Å². The Kier molecular flexibility index (Phi) is 6.29. The molecule has 5 heteroatoms. The molecule has 1 aromatic heterocycles. The van der Waals surface area contributed by atoms with E-state index in [2.05, 4.69) is 17.2 Å². The van der Waals surface area contributed by atoms with Gasteiger partial charge in [-0.3, -0.25) is 4.68 Å². The Balaban J connectivity index is 2.07. The van der Waals surface area contributed by atoms with Crippen molar-refractivity contribution in [2.45, 2.75) is 58.4 Å². The van der Waals surface area contributed by atoms with Crippen molar-refractivity contribution >= 4 is 5.97 Å². The maximum atomic E-state index is 10.6. The van der Waals surface area contributed by atoms with Crippen molar-refractivity contribution in [2.24, 2.45) is 0 Å². The number of carboxylic acid groups (broad SMARTS) is 1. The SMILES string of the molecule is CCCCCCCCCn1cc(C(=O)O)nn1. The zero-order chi connectivity index (χ0) is 12.5. The number of hydrogen-bond donors (Lipinski definition) is 1. The molecule has 1 rings (SSSR count). The molecule has 0 bridgehead atoms. The van der Waals surface area contributed by atoms with Gasteiger partial charge in [0, 0.05) is 6.54 Å². The first-order chi connectivity index (χ1) is 8.24. The third-order valence-electron chi connectivity index (χ3n) is 2.75. The van der Waals surface area contributed by atoms with Crippen LogP contribution in [0.4, 0.5) is 0 Å². The lowest BCUT2D eigenvalue weighted by Crippen LogP contribution is -1.99. The highest BCUT2D eigenvalue weighted by atomic mass is 16.4. The molecule has 0 saturated heterocycles. The lowest BCUT2D eigenvalue weighted by Gasteiger charge is -2.01. The molecular weight excluding hydrogens is 218 g/mol. The molecule has 0 radical (unpaired) electrons. The molecule has 0 fully saturated rings. The minimum absolute atomic E-state index is 0.0212. The van der Waals surface area contributed by atoms with Gasteiger partial charge in [-0.25, -0.2) is 4.79 Å². The van der Waals surface area contributed by atoms with Crippen molar-refractivity contribution in [1.82, 2.24) is 15.0 Å². The fourth-order valence-electron chi connectivity index (χ4n) is 1.74. The van der Waals surface area contributed by atoms with E-state index in [1.54, 1.807) is 4.68 Å². The normalized spacial score (nSPS) is 10.6. The molecule has 0 amide bonds. The van der Waals surface area contributed by atoms with Crippen LogP contribution in [0.5, 0.6) is 0 Å². The Labute approximate surface area is 102 Å². The quantitative estimate of drug-likeness (QED) is 0.673. The summed E-state index contributed by atoms with van der Waals surface area (Å²) in [5, 5.41) is 16.0. The highest BCUT2D eigenvalue weighted by Crippen LogP contribution is 2.07. The van der Waals surface area contributed by atoms with Gasteiger partial charge in [0.2, 0.25) is 0 Å². The first kappa shape index (κ1) is 13.7. The van der Waals surface area contributed by atoms with Crippen molar-refractivity contribution in [2.75, 3.05) is 0 Å². The van der Waals surface area contributed by atoms with Gasteiger partial charge in [-0.2, -0.15) is 0 Å². The number of aryl methyl sites for hydroxylation is 1. The van der Waals surface area contributed by atoms with Crippen LogP contribution in [0, 0.1) is 0 Å². The number of carbonyl (C=O) groups is 1. The molecule has 0 unspecified atom stereocenters. The Morgan fingerprint density at radius 1 is 1.24 bits per heavy atom. The Morgan fingerprint density at radius 2 is 1.88 bits per heavy atom. The van der Waals surface area contributed by atoms with Crippen molar-refractivity contribution in [3.05, 3.63) is 11.9 Å². The molecule has 0 aliphatic carbocycles. The van der Waals surface area contributed by atoms with Gasteiger partial charge in [-0.1, -0.05) is 50.7 Å². The third-order valence-corrected chi connectivity index (χ3v) is 2.75. The molecule has 0 spiro atoms. The summed E-state index contributed by atoms with van der Waals surface area (Å²) in [4.78, 5) is 10.6. The highest BCUT2D eigenvalue weighted by Gasteiger charge is 2.07. The van der Waals surface area contributed by atoms with Crippen molar-refractivity contribution in [1.29, 1.82) is 0 Å². The van der Waals surface area contributed by atoms with Gasteiger partial charge in [-0.05, 0) is 6.42 Å². The molecule has 0 aliphatic rings. The number of aromatic nitrogens is 3. The maximum Gasteiger partial charge on any atom is 0.358 e. The Bertz CT molecular complexity index is 336. The number of nitrogens with zero attached hydrogens (tertiary/aromatic N) is 3. The molecule has 1 heterocycles. The van der Waals surface area contributed by atoms with Crippen LogP contribution < -0.4 is 0 Å². The molecule has 17 heavy (non-hydrogen) atoms. The van der Waals surface area contributed by atoms with Crippen molar-refractivity contribution in [3.63, 3.8) is 0 Å². The van der Waals surface area contributed by atoms with E-state index in [1.165, 1.54) is 44.7 Å². The topological polar surface area (TPSA) is 68.0 Å². The summed E-state index contributed by atoms with van der Waals surface area (Å²) >= 11 is 0. The minimum Gasteiger partial charge on any atom is -0.476 e. The van der Waals surface area contributed by atoms with Gasteiger partial charge in [0.1, 0.15) is 0 Å². The lowest BCUT2D eigenvalue weighted by atomic mass is 10.1. The van der Waals surface area contributed by atoms with Crippen LogP contribution in [0.3, 0.4) is 0 Å². The standard InChI is InChI=1S/C12H21N3O2/c1-2-3-4-5-6-7-8-9-15-10-11(12(16)17)13-14-15/h10H,2-9H2,1H3,(H,16,17). The first-order valence-electron chi connectivity index (χ1n) is 6.37. The van der Waals surface area contributed by atoms with Crippen LogP contribution in [0.2, 0.25) is 0 Å². The Hall–Kier alpha value is -1.39. The van der Waals surface area contributed by atoms with Crippen molar-refractivity contribution < 1.29 is 9.90 Å². The van der Waals surface area contributed by atoms with E-state index in [1.807, 2.05) is 0 Å². The molecule has 0 aliphatic heterocycles. The summed E-state index contributed by atoms with van der Waals surface area (Å²) in [7, 11) is 0. The second-order valence-corrected chi connectivity index (χ2v) is 4.29. The molecule has 1 aromatic rings. The van der Waals surface area contributed by atoms with E-state index in [0.717, 1.165) is 13.0 Å². The van der Waals surface area contributed by atoms with E-state index in [0.29, 0.717) is 0 Å². The summed E-state index contributed by atoms with van der Waals surface area (Å²) in [6.07, 6.45) is 10.2. The fraction of sp³-hybridized carbons (Fsp3) is 0.750. The number of rotatable bonds is 9. The molecule has 0 aromatic carbocycles. The van der Waals surface area contributed by atoms with Crippen LogP contribution in [0.15, 0.2) is 6.20 Å². The van der Waals surface area contributed by atoms with Gasteiger partial charge in [0.05, 0.1) is 6.20 Å². The van der Waals surface area contributed by atoms with Crippen LogP contribution in [-0.4, -0.2) is 26.1 Å². The van der Waals surface area contributed by atoms with Crippen LogP contribution in [0.25, 0.3) is 0 Å². The average Bonchev–Trinajstić information content (AvgIpc) is 2.77. The van der Waals surface area contributed by atoms with E-state index in [9.17, 15) is 4.79 Å². The monoisotopic (exact) mass is 239 g/mol. The first-order valence-corrected chi connectivity index (χ1v) is 6.37. The largest absolute Gasteiger partial charge is 0.476 e. The van der Waals surface area contributed by atoms with Crippen LogP contribution in [-0.2, 0) is 6.54 Å². The van der Waals surface area contributed by atoms with Gasteiger partial charge < -0.3 is 5.11 Å². The molecular formula is C12H21N3O2. The third kappa shape index (κ3) is 5.47. The highest BCUT2D eigenvalue weighted by molar-refractivity contribution is 5.84. The minimum atomic E-state index is -1.02. The Morgan fingerprint density at radius 3 is 2.47 bits per heavy atom. The van der Waals surface area contributed by atoms with Crippen LogP contribution in [0.1, 0.15) is 62.4 Å². The zero-order valence-electron chi connectivity index (χ0n) is 10.4. The molecule has 0 saturated carbocycles. The van der Waals surface area contributed by atoms with Crippen LogP contribution >= 0.6 is 0 Å². The fourth-order valence-corrected chi connectivity index (χ4v) is 1.74. The van der Waals surface area contributed by atoms with Gasteiger partial charge in [0.15, 0.2) is 5.69 Å². The smallest absolute Gasteiger partial charge is 0.358 e. The van der Waals surface area contributed by atoms with E-state index >= 15 is 0 Å². The van der Waals surface area contributed by atoms with E-state index < -0.39 is 5.97 Å². The molecule has 0 atom stereocenters. The van der Waals surface area contributed by atoms with Gasteiger partial charge >= 0.3 is 5.97 Å². The van der Waals surface area contributed by atoms with E-state index in [-0.39, 0.29) is 5.69 Å². The van der Waals surface area contributed by atoms with Crippen molar-refractivity contribution in [3.8, 4) is 0 Å². The number of unbranched alkanes of at least 4 members (excludes halogenated alkanes) is 6. The zero-order valence-corrected chi connectivity index (χ0v) is 10.4. The van der Waals surface area contributed by atoms with Gasteiger partial charge in [0.25, 0.3) is 0 Å². The lowest BCUT2D eigenvalue weighted by molar-refractivity contribution is 0.0690. The second-order valence-electron chi connectivity index (χ2n) is 4.29. The molecule has 96 valence electrons. The summed E-state index contributed by atoms with van der Waals surface area (Å²) in [6, 6.07) is 0. The number of carboxylic acids is 1. The summed E-state index contributed by atoms with van der Waals surface area (Å²) in [6.45, 7) is 2.97. The number of hydrogen-bond acceptors (Lipinski definition) is 3. The second kappa shape index (κ2) is 7.81. The summed E-state index contributed by atoms with van der Waals surface area (Å²) in [5.74, 6) is -1.02. The summed E-state index contributed by atoms with van der Waals surface area (Å²) in [5.41, 5.74) is 0.0212. The predicted molar refractivity (Wildman–Crippen MR) is 65.0 cm³/mol. The molecule has 5 nitrogen and oxygen atoms in total. The number of aromatic carboxylic acids is 1. The van der Waals surface area contributed by atoms with E-state index in [4.69, 9.17) is 5.11 Å². The summed E-state index contributed by atoms with van der Waals surface area (Å²) < 4.78 is 1.61. The molecule has 1 N–H and O–H groups in total. The predicted octanol–water partition coefficient (Wildman–Crippen LogP) is 2.73. The average molecular weight is 239 g/mol. The maximum absolute atomic E-state index is 10.6.